The van der Waals surface area contributed by atoms with Gasteiger partial charge in [-0.3, -0.25) is 0 Å². The molecule has 0 amide bonds. The second-order valence-electron chi connectivity index (χ2n) is 19.6. The van der Waals surface area contributed by atoms with Crippen LogP contribution in [0.25, 0.3) is 142 Å². The Morgan fingerprint density at radius 3 is 1.51 bits per heavy atom. The summed E-state index contributed by atoms with van der Waals surface area (Å²) in [5.41, 5.74) is 21.4. The van der Waals surface area contributed by atoms with Crippen molar-refractivity contribution in [1.29, 1.82) is 0 Å². The second-order valence-corrected chi connectivity index (χ2v) is 20.6. The van der Waals surface area contributed by atoms with Crippen molar-refractivity contribution in [3.8, 4) is 78.1 Å². The number of fused-ring (bicyclic) bond motifs is 9. The van der Waals surface area contributed by atoms with Crippen LogP contribution in [0.3, 0.4) is 0 Å². The fraction of sp³-hybridized carbons (Fsp3) is 0. The lowest BCUT2D eigenvalue weighted by Crippen LogP contribution is -1.98. The van der Waals surface area contributed by atoms with Gasteiger partial charge in [0.15, 0.2) is 0 Å². The van der Waals surface area contributed by atoms with Crippen molar-refractivity contribution in [1.82, 2.24) is 9.13 Å². The summed E-state index contributed by atoms with van der Waals surface area (Å²) in [4.78, 5) is 0. The van der Waals surface area contributed by atoms with Crippen LogP contribution in [0.5, 0.6) is 0 Å². The van der Waals surface area contributed by atoms with E-state index in [0.717, 1.165) is 11.4 Å². The maximum absolute atomic E-state index is 2.48. The molecule has 15 aromatic rings. The van der Waals surface area contributed by atoms with Gasteiger partial charge in [-0.25, -0.2) is 0 Å². The van der Waals surface area contributed by atoms with Gasteiger partial charge < -0.3 is 9.13 Å². The van der Waals surface area contributed by atoms with Gasteiger partial charge in [0, 0.05) is 53.0 Å². The van der Waals surface area contributed by atoms with Gasteiger partial charge in [-0.2, -0.15) is 0 Å². The Kier molecular flexibility index (Phi) is 10.1. The summed E-state index contributed by atoms with van der Waals surface area (Å²) in [6.45, 7) is 0. The molecule has 0 aliphatic carbocycles. The molecule has 0 saturated carbocycles. The van der Waals surface area contributed by atoms with E-state index in [-0.39, 0.29) is 0 Å². The fourth-order valence-corrected chi connectivity index (χ4v) is 13.1. The molecule has 3 heterocycles. The van der Waals surface area contributed by atoms with Crippen LogP contribution >= 0.6 is 11.3 Å². The van der Waals surface area contributed by atoms with Crippen molar-refractivity contribution >= 4 is 75.1 Å². The van der Waals surface area contributed by atoms with E-state index >= 15 is 0 Å². The third kappa shape index (κ3) is 7.16. The monoisotopic (exact) mass is 970 g/mol. The van der Waals surface area contributed by atoms with Gasteiger partial charge in [0.25, 0.3) is 0 Å². The maximum atomic E-state index is 2.48. The number of para-hydroxylation sites is 1. The molecule has 0 radical (unpaired) electrons. The van der Waals surface area contributed by atoms with Crippen LogP contribution in [0.2, 0.25) is 0 Å². The van der Waals surface area contributed by atoms with E-state index in [2.05, 4.69) is 288 Å². The molecule has 2 nitrogen and oxygen atoms in total. The second kappa shape index (κ2) is 17.6. The lowest BCUT2D eigenvalue weighted by Gasteiger charge is -2.16. The molecule has 0 spiro atoms. The molecule has 15 rings (SSSR count). The first-order valence-electron chi connectivity index (χ1n) is 25.7. The van der Waals surface area contributed by atoms with Crippen LogP contribution in [0.1, 0.15) is 0 Å². The number of hydrogen-bond acceptors (Lipinski definition) is 1. The van der Waals surface area contributed by atoms with Gasteiger partial charge in [0.05, 0.1) is 27.8 Å². The Balaban J connectivity index is 0.905. The standard InChI is InChI=1S/C72H46N2S/c1-4-17-47(18-5-1)49-33-38-56(39-34-49)73-68-41-36-53(45-64(68)71-57(27-16-31-69(71)73)54-24-14-23-51(43-54)48-19-6-2-7-20-48)52-35-40-67-63(44-52)59-25-10-12-30-65(59)74(67)66-42-37-55(46-62(66)50-21-8-3-9-22-50)58-28-15-29-61-60-26-11-13-32-70(60)75-72(58)61/h1-46H. The van der Waals surface area contributed by atoms with Crippen molar-refractivity contribution in [2.45, 2.75) is 0 Å². The van der Waals surface area contributed by atoms with Crippen molar-refractivity contribution in [3.63, 3.8) is 0 Å². The molecular weight excluding hydrogens is 925 g/mol. The van der Waals surface area contributed by atoms with E-state index in [9.17, 15) is 0 Å². The smallest absolute Gasteiger partial charge is 0.0547 e. The summed E-state index contributed by atoms with van der Waals surface area (Å²) >= 11 is 1.88. The van der Waals surface area contributed by atoms with Gasteiger partial charge >= 0.3 is 0 Å². The average molecular weight is 971 g/mol. The molecule has 0 N–H and O–H groups in total. The normalized spacial score (nSPS) is 11.7. The summed E-state index contributed by atoms with van der Waals surface area (Å²) in [5.74, 6) is 0. The minimum Gasteiger partial charge on any atom is -0.309 e. The van der Waals surface area contributed by atoms with Crippen LogP contribution in [-0.2, 0) is 0 Å². The lowest BCUT2D eigenvalue weighted by atomic mass is 9.95. The Labute approximate surface area is 438 Å². The molecule has 0 fully saturated rings. The average Bonchev–Trinajstić information content (AvgIpc) is 4.17. The molecule has 12 aromatic carbocycles. The molecule has 350 valence electrons. The van der Waals surface area contributed by atoms with Crippen LogP contribution in [0, 0.1) is 0 Å². The number of rotatable bonds is 8. The molecule has 3 aromatic heterocycles. The number of benzene rings is 12. The number of hydrogen-bond donors (Lipinski definition) is 0. The predicted octanol–water partition coefficient (Wildman–Crippen LogP) is 20.3. The highest BCUT2D eigenvalue weighted by Crippen LogP contribution is 2.45. The third-order valence-corrected chi connectivity index (χ3v) is 16.6. The van der Waals surface area contributed by atoms with Crippen molar-refractivity contribution in [2.75, 3.05) is 0 Å². The molecule has 75 heavy (non-hydrogen) atoms. The molecule has 0 unspecified atom stereocenters. The molecular formula is C72H46N2S. The Morgan fingerprint density at radius 1 is 0.240 bits per heavy atom. The van der Waals surface area contributed by atoms with Gasteiger partial charge in [0.2, 0.25) is 0 Å². The SMILES string of the molecule is c1ccc(-c2ccc(-n3c4ccc(-c5ccc6c(c5)c5ccccc5n6-c5ccc(-c6cccc7c6sc6ccccc67)cc5-c5ccccc5)cc4c4c(-c5cccc(-c6ccccc6)c5)cccc43)cc2)cc1. The van der Waals surface area contributed by atoms with Crippen LogP contribution in [-0.4, -0.2) is 9.13 Å². The minimum absolute atomic E-state index is 1.13. The van der Waals surface area contributed by atoms with E-state index in [1.807, 2.05) is 11.3 Å². The zero-order valence-electron chi connectivity index (χ0n) is 40.9. The summed E-state index contributed by atoms with van der Waals surface area (Å²) in [6, 6.07) is 103. The highest BCUT2D eigenvalue weighted by atomic mass is 32.1. The molecule has 0 aliphatic rings. The van der Waals surface area contributed by atoms with E-state index in [1.54, 1.807) is 0 Å². The molecule has 0 aliphatic heterocycles. The molecule has 0 atom stereocenters. The first-order valence-corrected chi connectivity index (χ1v) is 26.5. The van der Waals surface area contributed by atoms with E-state index in [1.165, 1.54) is 131 Å². The van der Waals surface area contributed by atoms with Crippen molar-refractivity contribution < 1.29 is 0 Å². The fourth-order valence-electron chi connectivity index (χ4n) is 11.8. The van der Waals surface area contributed by atoms with Crippen molar-refractivity contribution in [3.05, 3.63) is 279 Å². The number of aromatic nitrogens is 2. The quantitative estimate of drug-likeness (QED) is 0.144. The molecule has 0 bridgehead atoms. The minimum atomic E-state index is 1.13. The van der Waals surface area contributed by atoms with E-state index in [0.29, 0.717) is 0 Å². The molecule has 0 saturated heterocycles. The summed E-state index contributed by atoms with van der Waals surface area (Å²) in [6.07, 6.45) is 0. The van der Waals surface area contributed by atoms with Gasteiger partial charge in [-0.15, -0.1) is 11.3 Å². The number of thiophene rings is 1. The van der Waals surface area contributed by atoms with E-state index < -0.39 is 0 Å². The first kappa shape index (κ1) is 43.1. The zero-order valence-corrected chi connectivity index (χ0v) is 41.7. The largest absolute Gasteiger partial charge is 0.309 e. The van der Waals surface area contributed by atoms with E-state index in [4.69, 9.17) is 0 Å². The Bertz CT molecular complexity index is 4670. The predicted molar refractivity (Wildman–Crippen MR) is 321 cm³/mol. The first-order chi connectivity index (χ1) is 37.2. The summed E-state index contributed by atoms with van der Waals surface area (Å²) in [7, 11) is 0. The van der Waals surface area contributed by atoms with Gasteiger partial charge in [0.1, 0.15) is 0 Å². The highest BCUT2D eigenvalue weighted by molar-refractivity contribution is 7.26. The van der Waals surface area contributed by atoms with Crippen LogP contribution < -0.4 is 0 Å². The summed E-state index contributed by atoms with van der Waals surface area (Å²) < 4.78 is 7.57. The zero-order chi connectivity index (χ0) is 49.4. The third-order valence-electron chi connectivity index (χ3n) is 15.3. The Hall–Kier alpha value is -9.54. The topological polar surface area (TPSA) is 9.86 Å². The van der Waals surface area contributed by atoms with Gasteiger partial charge in [-0.05, 0) is 134 Å². The maximum Gasteiger partial charge on any atom is 0.0547 e. The molecule has 3 heteroatoms. The Morgan fingerprint density at radius 2 is 0.733 bits per heavy atom. The number of nitrogens with zero attached hydrogens (tertiary/aromatic N) is 2. The van der Waals surface area contributed by atoms with Crippen LogP contribution in [0.4, 0.5) is 0 Å². The highest BCUT2D eigenvalue weighted by Gasteiger charge is 2.21. The lowest BCUT2D eigenvalue weighted by molar-refractivity contribution is 1.18. The van der Waals surface area contributed by atoms with Gasteiger partial charge in [-0.1, -0.05) is 206 Å². The van der Waals surface area contributed by atoms with Crippen LogP contribution in [0.15, 0.2) is 279 Å². The van der Waals surface area contributed by atoms with Crippen molar-refractivity contribution in [2.24, 2.45) is 0 Å². The summed E-state index contributed by atoms with van der Waals surface area (Å²) in [5, 5.41) is 7.53.